The molecule has 0 fully saturated rings. The highest BCUT2D eigenvalue weighted by Crippen LogP contribution is 2.23. The summed E-state index contributed by atoms with van der Waals surface area (Å²) in [4.78, 5) is 13.1. The van der Waals surface area contributed by atoms with Crippen LogP contribution < -0.4 is 4.74 Å². The van der Waals surface area contributed by atoms with Crippen molar-refractivity contribution in [2.24, 2.45) is 0 Å². The molecule has 0 radical (unpaired) electrons. The SMILES string of the molecule is COc1ccc(Cc2nc3c(-c4cncc(S(C)(=O)=O)c4)nccn3n2)cc1. The van der Waals surface area contributed by atoms with Gasteiger partial charge >= 0.3 is 0 Å². The molecule has 0 aliphatic carbocycles. The zero-order valence-corrected chi connectivity index (χ0v) is 16.1. The van der Waals surface area contributed by atoms with Crippen molar-refractivity contribution < 1.29 is 13.2 Å². The van der Waals surface area contributed by atoms with Crippen molar-refractivity contribution in [3.63, 3.8) is 0 Å². The molecule has 3 aromatic heterocycles. The quantitative estimate of drug-likeness (QED) is 0.511. The standard InChI is InChI=1S/C19H17N5O3S/c1-27-15-5-3-13(4-6-15)9-17-22-19-18(21-7-8-24(19)23-17)14-10-16(12-20-11-14)28(2,25)26/h3-8,10-12H,9H2,1-2H3. The van der Waals surface area contributed by atoms with Crippen molar-refractivity contribution in [2.75, 3.05) is 13.4 Å². The second kappa shape index (κ2) is 7.01. The van der Waals surface area contributed by atoms with Gasteiger partial charge < -0.3 is 4.74 Å². The Morgan fingerprint density at radius 3 is 2.64 bits per heavy atom. The van der Waals surface area contributed by atoms with Crippen molar-refractivity contribution in [2.45, 2.75) is 11.3 Å². The Kier molecular flexibility index (Phi) is 4.52. The van der Waals surface area contributed by atoms with Crippen LogP contribution in [0.5, 0.6) is 5.75 Å². The highest BCUT2D eigenvalue weighted by molar-refractivity contribution is 7.90. The molecule has 9 heteroatoms. The van der Waals surface area contributed by atoms with E-state index in [9.17, 15) is 8.42 Å². The van der Waals surface area contributed by atoms with Crippen LogP contribution in [0.3, 0.4) is 0 Å². The number of ether oxygens (including phenoxy) is 1. The highest BCUT2D eigenvalue weighted by atomic mass is 32.2. The fraction of sp³-hybridized carbons (Fsp3) is 0.158. The smallest absolute Gasteiger partial charge is 0.182 e. The number of sulfone groups is 1. The lowest BCUT2D eigenvalue weighted by molar-refractivity contribution is 0.414. The van der Waals surface area contributed by atoms with E-state index in [1.807, 2.05) is 24.3 Å². The number of pyridine rings is 1. The monoisotopic (exact) mass is 395 g/mol. The summed E-state index contributed by atoms with van der Waals surface area (Å²) in [6, 6.07) is 9.25. The van der Waals surface area contributed by atoms with E-state index in [2.05, 4.69) is 20.1 Å². The lowest BCUT2D eigenvalue weighted by Crippen LogP contribution is -1.99. The molecule has 0 unspecified atom stereocenters. The molecule has 142 valence electrons. The summed E-state index contributed by atoms with van der Waals surface area (Å²) in [5.41, 5.74) is 2.68. The number of rotatable bonds is 5. The van der Waals surface area contributed by atoms with Gasteiger partial charge in [0.15, 0.2) is 21.3 Å². The Balaban J connectivity index is 1.73. The fourth-order valence-corrected chi connectivity index (χ4v) is 3.41. The normalized spacial score (nSPS) is 11.6. The molecule has 0 saturated heterocycles. The molecule has 4 aromatic rings. The fourth-order valence-electron chi connectivity index (χ4n) is 2.82. The molecule has 0 N–H and O–H groups in total. The highest BCUT2D eigenvalue weighted by Gasteiger charge is 2.15. The maximum absolute atomic E-state index is 11.8. The van der Waals surface area contributed by atoms with Crippen molar-refractivity contribution in [1.29, 1.82) is 0 Å². The Morgan fingerprint density at radius 2 is 1.93 bits per heavy atom. The maximum Gasteiger partial charge on any atom is 0.182 e. The molecular weight excluding hydrogens is 378 g/mol. The van der Waals surface area contributed by atoms with Crippen LogP contribution in [0.4, 0.5) is 0 Å². The minimum atomic E-state index is -3.37. The van der Waals surface area contributed by atoms with Crippen LogP contribution in [0.1, 0.15) is 11.4 Å². The van der Waals surface area contributed by atoms with Gasteiger partial charge in [0.1, 0.15) is 11.4 Å². The summed E-state index contributed by atoms with van der Waals surface area (Å²) < 4.78 is 30.5. The van der Waals surface area contributed by atoms with Crippen LogP contribution in [-0.4, -0.2) is 46.3 Å². The molecule has 3 heterocycles. The second-order valence-corrected chi connectivity index (χ2v) is 8.29. The van der Waals surface area contributed by atoms with Crippen LogP contribution in [0, 0.1) is 0 Å². The summed E-state index contributed by atoms with van der Waals surface area (Å²) in [7, 11) is -1.75. The zero-order chi connectivity index (χ0) is 19.7. The first-order valence-electron chi connectivity index (χ1n) is 8.43. The molecule has 8 nitrogen and oxygen atoms in total. The second-order valence-electron chi connectivity index (χ2n) is 6.28. The predicted octanol–water partition coefficient (Wildman–Crippen LogP) is 2.19. The molecule has 4 rings (SSSR count). The van der Waals surface area contributed by atoms with Gasteiger partial charge in [0.2, 0.25) is 0 Å². The number of benzene rings is 1. The molecule has 0 spiro atoms. The molecule has 0 amide bonds. The van der Waals surface area contributed by atoms with Crippen molar-refractivity contribution in [3.05, 3.63) is 66.5 Å². The van der Waals surface area contributed by atoms with Crippen LogP contribution in [0.2, 0.25) is 0 Å². The van der Waals surface area contributed by atoms with Crippen molar-refractivity contribution in [3.8, 4) is 17.0 Å². The third-order valence-electron chi connectivity index (χ3n) is 4.23. The minimum absolute atomic E-state index is 0.131. The van der Waals surface area contributed by atoms with Crippen LogP contribution in [0.25, 0.3) is 16.9 Å². The lowest BCUT2D eigenvalue weighted by atomic mass is 10.1. The van der Waals surface area contributed by atoms with E-state index in [0.29, 0.717) is 29.1 Å². The largest absolute Gasteiger partial charge is 0.497 e. The number of hydrogen-bond donors (Lipinski definition) is 0. The van der Waals surface area contributed by atoms with Crippen LogP contribution >= 0.6 is 0 Å². The maximum atomic E-state index is 11.8. The summed E-state index contributed by atoms with van der Waals surface area (Å²) >= 11 is 0. The van der Waals surface area contributed by atoms with Crippen LogP contribution in [0.15, 0.2) is 60.0 Å². The molecule has 0 aliphatic heterocycles. The number of nitrogens with zero attached hydrogens (tertiary/aromatic N) is 5. The van der Waals surface area contributed by atoms with Gasteiger partial charge in [-0.3, -0.25) is 9.97 Å². The first kappa shape index (κ1) is 18.1. The zero-order valence-electron chi connectivity index (χ0n) is 15.3. The van der Waals surface area contributed by atoms with E-state index >= 15 is 0 Å². The summed E-state index contributed by atoms with van der Waals surface area (Å²) in [5.74, 6) is 1.42. The van der Waals surface area contributed by atoms with E-state index in [1.165, 1.54) is 6.20 Å². The molecule has 0 atom stereocenters. The summed E-state index contributed by atoms with van der Waals surface area (Å²) in [6.45, 7) is 0. The van der Waals surface area contributed by atoms with E-state index in [1.54, 1.807) is 36.3 Å². The van der Waals surface area contributed by atoms with E-state index in [-0.39, 0.29) is 4.90 Å². The topological polar surface area (TPSA) is 99.3 Å². The van der Waals surface area contributed by atoms with Crippen molar-refractivity contribution in [1.82, 2.24) is 24.6 Å². The van der Waals surface area contributed by atoms with Gasteiger partial charge in [-0.25, -0.2) is 17.9 Å². The van der Waals surface area contributed by atoms with E-state index < -0.39 is 9.84 Å². The Morgan fingerprint density at radius 1 is 1.14 bits per heavy atom. The summed E-state index contributed by atoms with van der Waals surface area (Å²) in [6.07, 6.45) is 7.88. The molecule has 0 aliphatic rings. The van der Waals surface area contributed by atoms with Gasteiger partial charge in [-0.15, -0.1) is 0 Å². The van der Waals surface area contributed by atoms with E-state index in [0.717, 1.165) is 17.6 Å². The number of aromatic nitrogens is 5. The average molecular weight is 395 g/mol. The van der Waals surface area contributed by atoms with Gasteiger partial charge in [-0.2, -0.15) is 5.10 Å². The third-order valence-corrected chi connectivity index (χ3v) is 5.31. The van der Waals surface area contributed by atoms with Gasteiger partial charge in [-0.1, -0.05) is 12.1 Å². The third kappa shape index (κ3) is 3.56. The predicted molar refractivity (Wildman–Crippen MR) is 103 cm³/mol. The minimum Gasteiger partial charge on any atom is -0.497 e. The van der Waals surface area contributed by atoms with Gasteiger partial charge in [-0.05, 0) is 23.8 Å². The lowest BCUT2D eigenvalue weighted by Gasteiger charge is -2.03. The molecular formula is C19H17N5O3S. The van der Waals surface area contributed by atoms with E-state index in [4.69, 9.17) is 4.74 Å². The first-order chi connectivity index (χ1) is 13.4. The Hall–Kier alpha value is -3.33. The van der Waals surface area contributed by atoms with Crippen LogP contribution in [-0.2, 0) is 16.3 Å². The first-order valence-corrected chi connectivity index (χ1v) is 10.3. The number of fused-ring (bicyclic) bond motifs is 1. The average Bonchev–Trinajstić information content (AvgIpc) is 3.10. The van der Waals surface area contributed by atoms with Gasteiger partial charge in [0, 0.05) is 43.0 Å². The molecule has 1 aromatic carbocycles. The Labute approximate surface area is 161 Å². The number of methoxy groups -OCH3 is 1. The van der Waals surface area contributed by atoms with Gasteiger partial charge in [0.25, 0.3) is 0 Å². The van der Waals surface area contributed by atoms with Gasteiger partial charge in [0.05, 0.1) is 12.0 Å². The molecule has 0 saturated carbocycles. The number of hydrogen-bond acceptors (Lipinski definition) is 7. The van der Waals surface area contributed by atoms with Crippen molar-refractivity contribution >= 4 is 15.5 Å². The summed E-state index contributed by atoms with van der Waals surface area (Å²) in [5, 5.41) is 4.50. The Bertz CT molecular complexity index is 1250. The molecule has 0 bridgehead atoms. The molecule has 28 heavy (non-hydrogen) atoms.